The maximum Gasteiger partial charge on any atom is 0.310 e. The number of hydrogen-bond acceptors (Lipinski definition) is 5. The van der Waals surface area contributed by atoms with E-state index in [2.05, 4.69) is 40.2 Å². The summed E-state index contributed by atoms with van der Waals surface area (Å²) in [5.41, 5.74) is 6.53. The number of rotatable bonds is 8. The van der Waals surface area contributed by atoms with Crippen LogP contribution in [0.25, 0.3) is 10.9 Å². The van der Waals surface area contributed by atoms with E-state index in [1.807, 2.05) is 36.5 Å². The number of carbonyl (C=O) groups is 1. The van der Waals surface area contributed by atoms with Gasteiger partial charge in [-0.1, -0.05) is 60.2 Å². The highest BCUT2D eigenvalue weighted by atomic mass is 16.6. The number of ether oxygens (including phenoxy) is 1. The number of aromatic nitrogens is 1. The van der Waals surface area contributed by atoms with Crippen LogP contribution in [0.4, 0.5) is 5.69 Å². The van der Waals surface area contributed by atoms with Gasteiger partial charge in [-0.2, -0.15) is 5.10 Å². The van der Waals surface area contributed by atoms with Crippen LogP contribution in [0.1, 0.15) is 16.7 Å². The Morgan fingerprint density at radius 1 is 1.12 bits per heavy atom. The van der Waals surface area contributed by atoms with Crippen LogP contribution < -0.4 is 10.2 Å². The summed E-state index contributed by atoms with van der Waals surface area (Å²) >= 11 is 0. The summed E-state index contributed by atoms with van der Waals surface area (Å²) in [6, 6.07) is 22.2. The van der Waals surface area contributed by atoms with Gasteiger partial charge in [0, 0.05) is 35.3 Å². The van der Waals surface area contributed by atoms with Crippen molar-refractivity contribution < 1.29 is 14.5 Å². The summed E-state index contributed by atoms with van der Waals surface area (Å²) in [7, 11) is 0. The second kappa shape index (κ2) is 9.78. The Hall–Kier alpha value is -4.46. The first-order valence-electron chi connectivity index (χ1n) is 10.3. The number of amides is 1. The van der Waals surface area contributed by atoms with Gasteiger partial charge in [0.2, 0.25) is 0 Å². The van der Waals surface area contributed by atoms with Gasteiger partial charge in [0.1, 0.15) is 0 Å². The average molecular weight is 442 g/mol. The molecule has 1 N–H and O–H groups in total. The van der Waals surface area contributed by atoms with Crippen molar-refractivity contribution in [2.45, 2.75) is 13.5 Å². The first-order chi connectivity index (χ1) is 16.0. The second-order valence-corrected chi connectivity index (χ2v) is 7.53. The largest absolute Gasteiger partial charge is 0.477 e. The second-order valence-electron chi connectivity index (χ2n) is 7.53. The molecule has 0 saturated heterocycles. The Balaban J connectivity index is 1.44. The van der Waals surface area contributed by atoms with Gasteiger partial charge < -0.3 is 9.30 Å². The van der Waals surface area contributed by atoms with Crippen molar-refractivity contribution in [3.8, 4) is 5.75 Å². The lowest BCUT2D eigenvalue weighted by Crippen LogP contribution is -2.24. The molecular formula is C25H22N4O4. The van der Waals surface area contributed by atoms with Crippen LogP contribution in [0.5, 0.6) is 5.75 Å². The van der Waals surface area contributed by atoms with Crippen molar-refractivity contribution >= 4 is 28.7 Å². The third kappa shape index (κ3) is 5.24. The number of fused-ring (bicyclic) bond motifs is 1. The topological polar surface area (TPSA) is 98.8 Å². The number of nitrogens with one attached hydrogen (secondary N) is 1. The van der Waals surface area contributed by atoms with E-state index in [9.17, 15) is 14.9 Å². The van der Waals surface area contributed by atoms with Gasteiger partial charge in [-0.15, -0.1) is 0 Å². The number of carbonyl (C=O) groups excluding carboxylic acids is 1. The summed E-state index contributed by atoms with van der Waals surface area (Å²) in [4.78, 5) is 22.6. The van der Waals surface area contributed by atoms with E-state index in [-0.39, 0.29) is 11.4 Å². The molecule has 166 valence electrons. The molecule has 0 aliphatic carbocycles. The van der Waals surface area contributed by atoms with E-state index in [0.717, 1.165) is 16.5 Å². The Labute approximate surface area is 190 Å². The molecule has 1 heterocycles. The number of nitro groups is 1. The molecule has 0 bridgehead atoms. The first-order valence-corrected chi connectivity index (χ1v) is 10.3. The predicted molar refractivity (Wildman–Crippen MR) is 127 cm³/mol. The van der Waals surface area contributed by atoms with Crippen LogP contribution in [-0.2, 0) is 11.3 Å². The fraction of sp³-hybridized carbons (Fsp3) is 0.120. The quantitative estimate of drug-likeness (QED) is 0.248. The SMILES string of the molecule is Cc1cccc(Cn2cc(/C=N/NC(=O)COc3ccccc3[N+](=O)[O-])c3ccccc32)c1. The number of nitro benzene ring substituents is 1. The summed E-state index contributed by atoms with van der Waals surface area (Å²) in [5.74, 6) is -0.492. The third-order valence-corrected chi connectivity index (χ3v) is 5.07. The number of aryl methyl sites for hydroxylation is 1. The fourth-order valence-corrected chi connectivity index (χ4v) is 3.60. The highest BCUT2D eigenvalue weighted by molar-refractivity contribution is 5.99. The zero-order valence-electron chi connectivity index (χ0n) is 18.0. The lowest BCUT2D eigenvalue weighted by molar-refractivity contribution is -0.385. The lowest BCUT2D eigenvalue weighted by Gasteiger charge is -2.06. The maximum absolute atomic E-state index is 12.1. The van der Waals surface area contributed by atoms with Crippen molar-refractivity contribution in [3.05, 3.63) is 106 Å². The van der Waals surface area contributed by atoms with E-state index >= 15 is 0 Å². The zero-order valence-corrected chi connectivity index (χ0v) is 18.0. The molecule has 33 heavy (non-hydrogen) atoms. The third-order valence-electron chi connectivity index (χ3n) is 5.07. The lowest BCUT2D eigenvalue weighted by atomic mass is 10.1. The van der Waals surface area contributed by atoms with Crippen LogP contribution in [0.3, 0.4) is 0 Å². The van der Waals surface area contributed by atoms with E-state index in [4.69, 9.17) is 4.74 Å². The highest BCUT2D eigenvalue weighted by Gasteiger charge is 2.14. The van der Waals surface area contributed by atoms with Crippen molar-refractivity contribution in [1.29, 1.82) is 0 Å². The molecule has 1 amide bonds. The van der Waals surface area contributed by atoms with E-state index in [0.29, 0.717) is 6.54 Å². The normalized spacial score (nSPS) is 11.1. The van der Waals surface area contributed by atoms with Gasteiger partial charge in [-0.25, -0.2) is 5.43 Å². The van der Waals surface area contributed by atoms with Crippen LogP contribution in [0, 0.1) is 17.0 Å². The fourth-order valence-electron chi connectivity index (χ4n) is 3.60. The number of hydrogen-bond donors (Lipinski definition) is 1. The van der Waals surface area contributed by atoms with Crippen molar-refractivity contribution in [2.75, 3.05) is 6.61 Å². The Bertz CT molecular complexity index is 1340. The molecule has 3 aromatic carbocycles. The Morgan fingerprint density at radius 3 is 2.73 bits per heavy atom. The van der Waals surface area contributed by atoms with Gasteiger partial charge in [-0.05, 0) is 24.6 Å². The molecule has 8 nitrogen and oxygen atoms in total. The first kappa shape index (κ1) is 21.8. The Kier molecular flexibility index (Phi) is 6.45. The zero-order chi connectivity index (χ0) is 23.2. The number of nitrogens with zero attached hydrogens (tertiary/aromatic N) is 3. The van der Waals surface area contributed by atoms with Crippen LogP contribution in [0.15, 0.2) is 84.1 Å². The molecule has 0 unspecified atom stereocenters. The van der Waals surface area contributed by atoms with Crippen molar-refractivity contribution in [3.63, 3.8) is 0 Å². The summed E-state index contributed by atoms with van der Waals surface area (Å²) in [6.45, 7) is 2.39. The minimum atomic E-state index is -0.558. The molecule has 0 aliphatic rings. The maximum atomic E-state index is 12.1. The Morgan fingerprint density at radius 2 is 1.91 bits per heavy atom. The molecule has 0 radical (unpaired) electrons. The van der Waals surface area contributed by atoms with E-state index in [1.165, 1.54) is 29.3 Å². The molecule has 8 heteroatoms. The standard InChI is InChI=1S/C25H22N4O4/c1-18-7-6-8-19(13-18)15-28-16-20(21-9-2-3-10-22(21)28)14-26-27-25(30)17-33-24-12-5-4-11-23(24)29(31)32/h2-14,16H,15,17H2,1H3,(H,27,30)/b26-14+. The minimum absolute atomic E-state index is 0.0286. The van der Waals surface area contributed by atoms with Crippen LogP contribution in [-0.4, -0.2) is 28.2 Å². The van der Waals surface area contributed by atoms with Crippen LogP contribution >= 0.6 is 0 Å². The number of hydrazone groups is 1. The molecule has 0 saturated carbocycles. The van der Waals surface area contributed by atoms with Gasteiger partial charge in [-0.3, -0.25) is 14.9 Å². The minimum Gasteiger partial charge on any atom is -0.477 e. The smallest absolute Gasteiger partial charge is 0.310 e. The van der Waals surface area contributed by atoms with Gasteiger partial charge in [0.05, 0.1) is 11.1 Å². The monoisotopic (exact) mass is 442 g/mol. The number of para-hydroxylation sites is 3. The summed E-state index contributed by atoms with van der Waals surface area (Å²) < 4.78 is 7.43. The van der Waals surface area contributed by atoms with Crippen molar-refractivity contribution in [2.24, 2.45) is 5.10 Å². The summed E-state index contributed by atoms with van der Waals surface area (Å²) in [5, 5.41) is 16.1. The highest BCUT2D eigenvalue weighted by Crippen LogP contribution is 2.25. The number of benzene rings is 3. The van der Waals surface area contributed by atoms with Gasteiger partial charge in [0.15, 0.2) is 12.4 Å². The predicted octanol–water partition coefficient (Wildman–Crippen LogP) is 4.44. The van der Waals surface area contributed by atoms with Crippen LogP contribution in [0.2, 0.25) is 0 Å². The average Bonchev–Trinajstić information content (AvgIpc) is 3.15. The van der Waals surface area contributed by atoms with E-state index in [1.54, 1.807) is 12.3 Å². The summed E-state index contributed by atoms with van der Waals surface area (Å²) in [6.07, 6.45) is 3.57. The van der Waals surface area contributed by atoms with Gasteiger partial charge >= 0.3 is 5.69 Å². The molecule has 1 aromatic heterocycles. The van der Waals surface area contributed by atoms with Crippen molar-refractivity contribution in [1.82, 2.24) is 9.99 Å². The molecule has 0 fully saturated rings. The molecule has 4 rings (SSSR count). The molecule has 4 aromatic rings. The molecule has 0 spiro atoms. The molecular weight excluding hydrogens is 420 g/mol. The van der Waals surface area contributed by atoms with Gasteiger partial charge in [0.25, 0.3) is 5.91 Å². The molecule has 0 aliphatic heterocycles. The molecule has 0 atom stereocenters. The van der Waals surface area contributed by atoms with E-state index < -0.39 is 17.4 Å².